The minimum atomic E-state index is -0.517. The van der Waals surface area contributed by atoms with Gasteiger partial charge in [-0.15, -0.1) is 11.3 Å². The molecule has 0 N–H and O–H groups in total. The van der Waals surface area contributed by atoms with Gasteiger partial charge in [-0.25, -0.2) is 0 Å². The molecule has 0 aliphatic heterocycles. The van der Waals surface area contributed by atoms with Gasteiger partial charge in [-0.2, -0.15) is 45.8 Å². The minimum Gasteiger partial charge on any atom is -0.165 e. The van der Waals surface area contributed by atoms with Crippen molar-refractivity contribution in [2.75, 3.05) is 0 Å². The third-order valence-corrected chi connectivity index (χ3v) is 5.36. The van der Waals surface area contributed by atoms with Gasteiger partial charge in [0, 0.05) is 9.75 Å². The van der Waals surface area contributed by atoms with Crippen LogP contribution in [0.3, 0.4) is 0 Å². The maximum atomic E-state index is 6.13. The van der Waals surface area contributed by atoms with E-state index in [0.29, 0.717) is 0 Å². The third kappa shape index (κ3) is 6.71. The Morgan fingerprint density at radius 2 is 1.09 bits per heavy atom. The SMILES string of the molecule is CC(C)(C)/C(=C\c1ccc(/C=C(/B(Cl)Cl)C(C)(C)C)s1)B(Cl)Cl. The molecule has 7 heteroatoms. The highest BCUT2D eigenvalue weighted by Crippen LogP contribution is 2.36. The van der Waals surface area contributed by atoms with E-state index < -0.39 is 11.1 Å². The number of halogens is 4. The minimum absolute atomic E-state index is 0.0812. The molecule has 0 aliphatic carbocycles. The molecule has 23 heavy (non-hydrogen) atoms. The number of hydrogen-bond acceptors (Lipinski definition) is 1. The fraction of sp³-hybridized carbons (Fsp3) is 0.500. The molecule has 0 fully saturated rings. The zero-order valence-corrected chi connectivity index (χ0v) is 18.2. The number of rotatable bonds is 4. The van der Waals surface area contributed by atoms with E-state index in [4.69, 9.17) is 45.8 Å². The van der Waals surface area contributed by atoms with Gasteiger partial charge in [0.1, 0.15) is 0 Å². The number of allylic oxidation sites excluding steroid dienone is 2. The Morgan fingerprint density at radius 1 is 0.783 bits per heavy atom. The van der Waals surface area contributed by atoms with Crippen molar-refractivity contribution in [3.05, 3.63) is 32.8 Å². The molecule has 1 heterocycles. The van der Waals surface area contributed by atoms with E-state index in [1.54, 1.807) is 11.3 Å². The highest BCUT2D eigenvalue weighted by molar-refractivity contribution is 7.37. The van der Waals surface area contributed by atoms with E-state index >= 15 is 0 Å². The molecule has 0 aliphatic rings. The predicted molar refractivity (Wildman–Crippen MR) is 114 cm³/mol. The normalized spacial score (nSPS) is 14.2. The second-order valence-electron chi connectivity index (χ2n) is 7.54. The van der Waals surface area contributed by atoms with Gasteiger partial charge in [0.15, 0.2) is 0 Å². The Labute approximate surface area is 165 Å². The monoisotopic (exact) mass is 408 g/mol. The number of thiophene rings is 1. The molecule has 0 saturated carbocycles. The first-order valence-corrected chi connectivity index (χ1v) is 9.99. The Kier molecular flexibility index (Phi) is 7.70. The second kappa shape index (κ2) is 8.23. The van der Waals surface area contributed by atoms with Crippen LogP contribution in [0.4, 0.5) is 0 Å². The summed E-state index contributed by atoms with van der Waals surface area (Å²) in [6.07, 6.45) is 4.14. The summed E-state index contributed by atoms with van der Waals surface area (Å²) in [5.41, 5.74) is 0.806. The third-order valence-electron chi connectivity index (χ3n) is 3.45. The first-order chi connectivity index (χ1) is 10.3. The smallest absolute Gasteiger partial charge is 0.165 e. The average molecular weight is 410 g/mol. The Morgan fingerprint density at radius 3 is 1.30 bits per heavy atom. The van der Waals surface area contributed by atoms with Gasteiger partial charge < -0.3 is 0 Å². The molecule has 1 aromatic rings. The van der Waals surface area contributed by atoms with Crippen molar-refractivity contribution in [1.29, 1.82) is 0 Å². The summed E-state index contributed by atoms with van der Waals surface area (Å²) in [6, 6.07) is 4.13. The van der Waals surface area contributed by atoms with Crippen LogP contribution in [0.15, 0.2) is 23.1 Å². The zero-order chi connectivity index (χ0) is 18.0. The predicted octanol–water partition coefficient (Wildman–Crippen LogP) is 7.62. The molecular formula is C16H22B2Cl4S. The highest BCUT2D eigenvalue weighted by atomic mass is 35.5. The number of hydrogen-bond donors (Lipinski definition) is 0. The van der Waals surface area contributed by atoms with E-state index in [1.807, 2.05) is 0 Å². The van der Waals surface area contributed by atoms with Gasteiger partial charge in [-0.05, 0) is 23.0 Å². The summed E-state index contributed by atoms with van der Waals surface area (Å²) in [5, 5.41) is 0. The van der Waals surface area contributed by atoms with Crippen molar-refractivity contribution in [3.63, 3.8) is 0 Å². The summed E-state index contributed by atoms with van der Waals surface area (Å²) in [6.45, 7) is 12.6. The van der Waals surface area contributed by atoms with Gasteiger partial charge in [-0.1, -0.05) is 64.6 Å². The Balaban J connectivity index is 3.20. The van der Waals surface area contributed by atoms with Gasteiger partial charge in [-0.3, -0.25) is 0 Å². The fourth-order valence-electron chi connectivity index (χ4n) is 2.04. The average Bonchev–Trinajstić information content (AvgIpc) is 2.77. The van der Waals surface area contributed by atoms with Crippen LogP contribution >= 0.6 is 57.2 Å². The molecular weight excluding hydrogens is 388 g/mol. The Hall–Kier alpha value is 0.470. The van der Waals surface area contributed by atoms with Crippen molar-refractivity contribution < 1.29 is 0 Å². The molecule has 1 rings (SSSR count). The van der Waals surface area contributed by atoms with Crippen molar-refractivity contribution in [1.82, 2.24) is 0 Å². The lowest BCUT2D eigenvalue weighted by Gasteiger charge is -2.23. The van der Waals surface area contributed by atoms with Crippen molar-refractivity contribution in [2.24, 2.45) is 10.8 Å². The van der Waals surface area contributed by atoms with E-state index in [-0.39, 0.29) is 10.8 Å². The molecule has 0 saturated heterocycles. The van der Waals surface area contributed by atoms with E-state index in [9.17, 15) is 0 Å². The van der Waals surface area contributed by atoms with E-state index in [0.717, 1.165) is 20.7 Å². The van der Waals surface area contributed by atoms with Crippen LogP contribution in [-0.2, 0) is 0 Å². The van der Waals surface area contributed by atoms with Crippen molar-refractivity contribution >= 4 is 80.4 Å². The van der Waals surface area contributed by atoms with Crippen LogP contribution in [0.2, 0.25) is 0 Å². The Bertz CT molecular complexity index is 539. The second-order valence-corrected chi connectivity index (χ2v) is 10.9. The maximum Gasteiger partial charge on any atom is 0.379 e. The molecule has 126 valence electrons. The maximum absolute atomic E-state index is 6.13. The van der Waals surface area contributed by atoms with Crippen LogP contribution in [0.25, 0.3) is 12.2 Å². The molecule has 0 nitrogen and oxygen atoms in total. The first-order valence-electron chi connectivity index (χ1n) is 7.42. The summed E-state index contributed by atoms with van der Waals surface area (Å²) < 4.78 is 0. The van der Waals surface area contributed by atoms with Crippen LogP contribution in [0, 0.1) is 10.8 Å². The van der Waals surface area contributed by atoms with Crippen LogP contribution < -0.4 is 0 Å². The van der Waals surface area contributed by atoms with Crippen LogP contribution in [0.5, 0.6) is 0 Å². The largest absolute Gasteiger partial charge is 0.379 e. The van der Waals surface area contributed by atoms with Gasteiger partial charge in [0.25, 0.3) is 0 Å². The van der Waals surface area contributed by atoms with Crippen molar-refractivity contribution in [2.45, 2.75) is 41.5 Å². The molecule has 0 aromatic carbocycles. The van der Waals surface area contributed by atoms with Crippen molar-refractivity contribution in [3.8, 4) is 0 Å². The quantitative estimate of drug-likeness (QED) is 0.449. The molecule has 0 atom stereocenters. The van der Waals surface area contributed by atoms with Gasteiger partial charge >= 0.3 is 11.1 Å². The lowest BCUT2D eigenvalue weighted by Crippen LogP contribution is -2.17. The topological polar surface area (TPSA) is 0 Å². The fourth-order valence-corrected chi connectivity index (χ4v) is 4.52. The standard InChI is InChI=1S/C16H22B2Cl4S/c1-15(2,3)13(17(19)20)9-11-7-8-12(23-11)10-14(18(21)22)16(4,5)6/h7-10H,1-6H3/b13-9+,14-10+. The van der Waals surface area contributed by atoms with E-state index in [2.05, 4.69) is 65.8 Å². The summed E-state index contributed by atoms with van der Waals surface area (Å²) in [4.78, 5) is 2.22. The zero-order valence-electron chi connectivity index (χ0n) is 14.4. The van der Waals surface area contributed by atoms with Crippen LogP contribution in [0.1, 0.15) is 51.3 Å². The van der Waals surface area contributed by atoms with Crippen LogP contribution in [-0.4, -0.2) is 11.1 Å². The molecule has 0 radical (unpaired) electrons. The lowest BCUT2D eigenvalue weighted by molar-refractivity contribution is 0.532. The molecule has 0 amide bonds. The molecule has 0 spiro atoms. The summed E-state index contributed by atoms with van der Waals surface area (Å²) >= 11 is 26.2. The lowest BCUT2D eigenvalue weighted by atomic mass is 9.72. The summed E-state index contributed by atoms with van der Waals surface area (Å²) in [5.74, 6) is 0. The molecule has 1 aromatic heterocycles. The van der Waals surface area contributed by atoms with E-state index in [1.165, 1.54) is 0 Å². The molecule has 0 bridgehead atoms. The first kappa shape index (κ1) is 21.5. The molecule has 0 unspecified atom stereocenters. The highest BCUT2D eigenvalue weighted by Gasteiger charge is 2.27. The van der Waals surface area contributed by atoms with Gasteiger partial charge in [0.05, 0.1) is 0 Å². The summed E-state index contributed by atoms with van der Waals surface area (Å²) in [7, 11) is 0. The van der Waals surface area contributed by atoms with Gasteiger partial charge in [0.2, 0.25) is 0 Å².